The van der Waals surface area contributed by atoms with Crippen molar-refractivity contribution in [3.05, 3.63) is 58.7 Å². The Morgan fingerprint density at radius 1 is 1.16 bits per heavy atom. The van der Waals surface area contributed by atoms with E-state index in [0.29, 0.717) is 24.6 Å². The summed E-state index contributed by atoms with van der Waals surface area (Å²) in [6.45, 7) is 9.69. The van der Waals surface area contributed by atoms with Crippen molar-refractivity contribution in [1.29, 1.82) is 0 Å². The number of nitrogens with zero attached hydrogens (tertiary/aromatic N) is 4. The molecular weight excluding hydrogens is 388 g/mol. The smallest absolute Gasteiger partial charge is 0.180 e. The fraction of sp³-hybridized carbons (Fsp3) is 0.440. The van der Waals surface area contributed by atoms with Crippen LogP contribution in [-0.2, 0) is 17.8 Å². The highest BCUT2D eigenvalue weighted by Gasteiger charge is 2.25. The van der Waals surface area contributed by atoms with Gasteiger partial charge in [-0.05, 0) is 48.3 Å². The Morgan fingerprint density at radius 3 is 2.68 bits per heavy atom. The maximum atomic E-state index is 12.3. The second-order valence-electron chi connectivity index (χ2n) is 8.45. The number of allylic oxidation sites excluding steroid dienone is 1. The molecule has 2 aromatic heterocycles. The van der Waals surface area contributed by atoms with E-state index in [-0.39, 0.29) is 11.6 Å². The zero-order valence-electron chi connectivity index (χ0n) is 18.6. The standard InChI is InChI=1S/C25H30N4O2/c1-4-19-11-23-20(12-25(19)31)10-18(13-26-23)16-28-8-9-29(15-17(28)3)21-6-7-22(27-14-21)24(30)5-2/h6-7,10-11,13-14,17H,4-5,8-9,12,15-16H2,1-3H3/t17-/m1/s1. The van der Waals surface area contributed by atoms with E-state index in [1.165, 1.54) is 0 Å². The van der Waals surface area contributed by atoms with Gasteiger partial charge in [0.15, 0.2) is 11.6 Å². The second-order valence-corrected chi connectivity index (χ2v) is 8.45. The monoisotopic (exact) mass is 418 g/mol. The van der Waals surface area contributed by atoms with Crippen molar-refractivity contribution >= 4 is 23.3 Å². The van der Waals surface area contributed by atoms with Gasteiger partial charge in [0.25, 0.3) is 0 Å². The number of piperazine rings is 1. The molecule has 0 bridgehead atoms. The highest BCUT2D eigenvalue weighted by atomic mass is 16.1. The molecule has 4 rings (SSSR count). The predicted octanol–water partition coefficient (Wildman–Crippen LogP) is 3.70. The van der Waals surface area contributed by atoms with E-state index >= 15 is 0 Å². The third-order valence-electron chi connectivity index (χ3n) is 6.33. The molecule has 0 amide bonds. The Kier molecular flexibility index (Phi) is 6.28. The Bertz CT molecular complexity index is 1010. The number of ketones is 2. The van der Waals surface area contributed by atoms with E-state index in [2.05, 4.69) is 32.8 Å². The van der Waals surface area contributed by atoms with Gasteiger partial charge < -0.3 is 4.90 Å². The lowest BCUT2D eigenvalue weighted by atomic mass is 9.92. The van der Waals surface area contributed by atoms with Crippen LogP contribution in [-0.4, -0.2) is 52.1 Å². The number of fused-ring (bicyclic) bond motifs is 1. The van der Waals surface area contributed by atoms with Crippen LogP contribution in [0.5, 0.6) is 0 Å². The first-order chi connectivity index (χ1) is 15.0. The Hall–Kier alpha value is -2.86. The normalized spacial score (nSPS) is 19.2. The Balaban J connectivity index is 1.40. The minimum absolute atomic E-state index is 0.0755. The average molecular weight is 419 g/mol. The summed E-state index contributed by atoms with van der Waals surface area (Å²) in [6.07, 6.45) is 7.40. The maximum Gasteiger partial charge on any atom is 0.180 e. The molecule has 1 aliphatic carbocycles. The van der Waals surface area contributed by atoms with Crippen molar-refractivity contribution in [3.63, 3.8) is 0 Å². The van der Waals surface area contributed by atoms with Gasteiger partial charge in [0.05, 0.1) is 17.6 Å². The summed E-state index contributed by atoms with van der Waals surface area (Å²) >= 11 is 0. The largest absolute Gasteiger partial charge is 0.367 e. The number of carbonyl (C=O) groups is 2. The first kappa shape index (κ1) is 21.4. The maximum absolute atomic E-state index is 12.3. The van der Waals surface area contributed by atoms with Gasteiger partial charge >= 0.3 is 0 Å². The van der Waals surface area contributed by atoms with Gasteiger partial charge in [-0.15, -0.1) is 0 Å². The minimum atomic E-state index is 0.0755. The quantitative estimate of drug-likeness (QED) is 0.667. The van der Waals surface area contributed by atoms with E-state index in [1.54, 1.807) is 0 Å². The lowest BCUT2D eigenvalue weighted by Gasteiger charge is -2.41. The molecule has 6 nitrogen and oxygen atoms in total. The molecule has 162 valence electrons. The van der Waals surface area contributed by atoms with Crippen molar-refractivity contribution in [2.24, 2.45) is 0 Å². The zero-order chi connectivity index (χ0) is 22.0. The number of pyridine rings is 2. The van der Waals surface area contributed by atoms with Crippen LogP contribution in [0.2, 0.25) is 0 Å². The van der Waals surface area contributed by atoms with Crippen LogP contribution in [0.4, 0.5) is 5.69 Å². The van der Waals surface area contributed by atoms with E-state index in [0.717, 1.165) is 60.7 Å². The fourth-order valence-electron chi connectivity index (χ4n) is 4.38. The topological polar surface area (TPSA) is 66.4 Å². The number of carbonyl (C=O) groups excluding carboxylic acids is 2. The lowest BCUT2D eigenvalue weighted by Crippen LogP contribution is -2.51. The van der Waals surface area contributed by atoms with Gasteiger partial charge in [0, 0.05) is 51.3 Å². The summed E-state index contributed by atoms with van der Waals surface area (Å²) in [7, 11) is 0. The van der Waals surface area contributed by atoms with Crippen LogP contribution in [0.25, 0.3) is 6.08 Å². The first-order valence-corrected chi connectivity index (χ1v) is 11.2. The molecule has 0 aromatic carbocycles. The van der Waals surface area contributed by atoms with Crippen molar-refractivity contribution in [1.82, 2.24) is 14.9 Å². The minimum Gasteiger partial charge on any atom is -0.367 e. The summed E-state index contributed by atoms with van der Waals surface area (Å²) in [5.74, 6) is 0.294. The van der Waals surface area contributed by atoms with Crippen molar-refractivity contribution in [2.45, 2.75) is 52.6 Å². The van der Waals surface area contributed by atoms with Gasteiger partial charge in [0.1, 0.15) is 5.69 Å². The summed E-state index contributed by atoms with van der Waals surface area (Å²) in [5, 5.41) is 0. The van der Waals surface area contributed by atoms with Crippen molar-refractivity contribution < 1.29 is 9.59 Å². The molecular formula is C25H30N4O2. The molecule has 31 heavy (non-hydrogen) atoms. The number of rotatable bonds is 6. The summed E-state index contributed by atoms with van der Waals surface area (Å²) < 4.78 is 0. The van der Waals surface area contributed by atoms with E-state index in [1.807, 2.05) is 44.4 Å². The molecule has 0 spiro atoms. The molecule has 2 aliphatic rings. The molecule has 3 heterocycles. The SMILES string of the molecule is CCC(=O)c1ccc(N2CCN(Cc3cnc4c(c3)CC(=O)C(CC)=C4)[C@H](C)C2)cn1. The molecule has 0 unspecified atom stereocenters. The molecule has 1 fully saturated rings. The molecule has 2 aromatic rings. The van der Waals surface area contributed by atoms with Gasteiger partial charge in [-0.25, -0.2) is 0 Å². The van der Waals surface area contributed by atoms with Gasteiger partial charge in [-0.2, -0.15) is 0 Å². The zero-order valence-corrected chi connectivity index (χ0v) is 18.6. The Labute approximate surface area is 184 Å². The van der Waals surface area contributed by atoms with Crippen LogP contribution in [0.3, 0.4) is 0 Å². The number of aromatic nitrogens is 2. The van der Waals surface area contributed by atoms with Crippen molar-refractivity contribution in [3.8, 4) is 0 Å². The molecule has 0 radical (unpaired) electrons. The summed E-state index contributed by atoms with van der Waals surface area (Å²) in [5.41, 5.74) is 5.61. The number of hydrogen-bond acceptors (Lipinski definition) is 6. The number of hydrogen-bond donors (Lipinski definition) is 0. The van der Waals surface area contributed by atoms with Crippen LogP contribution < -0.4 is 4.90 Å². The molecule has 6 heteroatoms. The molecule has 0 saturated carbocycles. The van der Waals surface area contributed by atoms with Crippen molar-refractivity contribution in [2.75, 3.05) is 24.5 Å². The fourth-order valence-corrected chi connectivity index (χ4v) is 4.38. The van der Waals surface area contributed by atoms with E-state index in [4.69, 9.17) is 0 Å². The average Bonchev–Trinajstić information content (AvgIpc) is 2.79. The second kappa shape index (κ2) is 9.10. The highest BCUT2D eigenvalue weighted by molar-refractivity contribution is 6.03. The van der Waals surface area contributed by atoms with Crippen LogP contribution in [0, 0.1) is 0 Å². The molecule has 1 aliphatic heterocycles. The molecule has 1 atom stereocenters. The van der Waals surface area contributed by atoms with Gasteiger partial charge in [0.2, 0.25) is 0 Å². The highest BCUT2D eigenvalue weighted by Crippen LogP contribution is 2.24. The third kappa shape index (κ3) is 4.59. The lowest BCUT2D eigenvalue weighted by molar-refractivity contribution is -0.115. The van der Waals surface area contributed by atoms with E-state index < -0.39 is 0 Å². The molecule has 1 saturated heterocycles. The first-order valence-electron chi connectivity index (χ1n) is 11.2. The Morgan fingerprint density at radius 2 is 2.00 bits per heavy atom. The number of Topliss-reactive ketones (excluding diaryl/α,β-unsaturated/α-hetero) is 2. The summed E-state index contributed by atoms with van der Waals surface area (Å²) in [4.78, 5) is 37.8. The van der Waals surface area contributed by atoms with Crippen LogP contribution in [0.15, 0.2) is 36.2 Å². The summed E-state index contributed by atoms with van der Waals surface area (Å²) in [6, 6.07) is 6.35. The van der Waals surface area contributed by atoms with E-state index in [9.17, 15) is 9.59 Å². The van der Waals surface area contributed by atoms with Gasteiger partial charge in [-0.1, -0.05) is 19.9 Å². The predicted molar refractivity (Wildman–Crippen MR) is 122 cm³/mol. The van der Waals surface area contributed by atoms with Gasteiger partial charge in [-0.3, -0.25) is 24.5 Å². The van der Waals surface area contributed by atoms with Crippen LogP contribution in [0.1, 0.15) is 60.9 Å². The van der Waals surface area contributed by atoms with Crippen LogP contribution >= 0.6 is 0 Å². The third-order valence-corrected chi connectivity index (χ3v) is 6.33. The number of anilines is 1. The molecule has 0 N–H and O–H groups in total.